The zero-order valence-electron chi connectivity index (χ0n) is 9.27. The number of nitrogens with one attached hydrogen (secondary N) is 2. The topological polar surface area (TPSA) is 74.1 Å². The van der Waals surface area contributed by atoms with Gasteiger partial charge in [-0.2, -0.15) is 0 Å². The highest BCUT2D eigenvalue weighted by atomic mass is 32.1. The molecule has 2 rings (SSSR count). The van der Waals surface area contributed by atoms with Gasteiger partial charge in [0.1, 0.15) is 0 Å². The predicted octanol–water partition coefficient (Wildman–Crippen LogP) is 2.12. The van der Waals surface area contributed by atoms with Crippen LogP contribution in [0, 0.1) is 11.8 Å². The van der Waals surface area contributed by atoms with Crippen molar-refractivity contribution in [2.75, 3.05) is 11.9 Å². The molecule has 0 spiro atoms. The van der Waals surface area contributed by atoms with E-state index in [1.54, 1.807) is 11.3 Å². The molecule has 0 saturated carbocycles. The zero-order chi connectivity index (χ0) is 12.3. The summed E-state index contributed by atoms with van der Waals surface area (Å²) >= 11 is 6.37. The molecule has 7 heteroatoms. The number of anilines is 1. The molecule has 0 aliphatic carbocycles. The number of aryl methyl sites for hydroxylation is 1. The number of rotatable bonds is 5. The average molecular weight is 271 g/mol. The summed E-state index contributed by atoms with van der Waals surface area (Å²) < 4.78 is 5.08. The maximum atomic E-state index is 9.80. The van der Waals surface area contributed by atoms with Gasteiger partial charge in [0.2, 0.25) is 5.89 Å². The first-order chi connectivity index (χ1) is 8.15. The van der Waals surface area contributed by atoms with Gasteiger partial charge in [0, 0.05) is 6.54 Å². The molecule has 0 bridgehead atoms. The molecule has 2 aromatic rings. The largest absolute Gasteiger partial charge is 0.414 e. The van der Waals surface area contributed by atoms with E-state index >= 15 is 0 Å². The highest BCUT2D eigenvalue weighted by Crippen LogP contribution is 2.21. The van der Waals surface area contributed by atoms with Gasteiger partial charge in [0.25, 0.3) is 4.84 Å². The number of aliphatic hydroxyl groups excluding tert-OH is 1. The summed E-state index contributed by atoms with van der Waals surface area (Å²) in [4.78, 5) is 0.231. The minimum absolute atomic E-state index is 0.231. The van der Waals surface area contributed by atoms with E-state index in [1.807, 2.05) is 18.4 Å². The second-order valence-electron chi connectivity index (χ2n) is 3.68. The van der Waals surface area contributed by atoms with Gasteiger partial charge in [0.15, 0.2) is 0 Å². The molecule has 0 saturated heterocycles. The number of nitrogens with zero attached hydrogens (tertiary/aromatic N) is 1. The maximum Gasteiger partial charge on any atom is 0.284 e. The predicted molar refractivity (Wildman–Crippen MR) is 68.9 cm³/mol. The van der Waals surface area contributed by atoms with Crippen molar-refractivity contribution in [2.24, 2.45) is 0 Å². The van der Waals surface area contributed by atoms with Crippen LogP contribution >= 0.6 is 23.6 Å². The lowest BCUT2D eigenvalue weighted by molar-refractivity contribution is 0.178. The summed E-state index contributed by atoms with van der Waals surface area (Å²) in [5.74, 6) is 0.423. The summed E-state index contributed by atoms with van der Waals surface area (Å²) in [6.07, 6.45) is -0.220. The van der Waals surface area contributed by atoms with Crippen LogP contribution in [-0.4, -0.2) is 28.0 Å². The fourth-order valence-electron chi connectivity index (χ4n) is 1.39. The standard InChI is InChI=1S/C10H13N3O2S2/c1-6-2-3-17-9(6)11-5-7(14)4-8-12-13-10(16)15-8/h2-3,7,11,14H,4-5H2,1H3,(H,13,16). The molecule has 0 amide bonds. The first-order valence-corrected chi connectivity index (χ1v) is 6.44. The van der Waals surface area contributed by atoms with Crippen LogP contribution in [0.15, 0.2) is 15.9 Å². The molecule has 1 unspecified atom stereocenters. The molecule has 3 N–H and O–H groups in total. The van der Waals surface area contributed by atoms with E-state index in [0.717, 1.165) is 5.00 Å². The van der Waals surface area contributed by atoms with Crippen molar-refractivity contribution in [2.45, 2.75) is 19.4 Å². The molecule has 0 aromatic carbocycles. The third-order valence-corrected chi connectivity index (χ3v) is 3.40. The number of hydrogen-bond acceptors (Lipinski definition) is 6. The molecule has 0 radical (unpaired) electrons. The third-order valence-electron chi connectivity index (χ3n) is 2.25. The van der Waals surface area contributed by atoms with Gasteiger partial charge in [-0.1, -0.05) is 0 Å². The molecule has 0 aliphatic rings. The van der Waals surface area contributed by atoms with Crippen molar-refractivity contribution in [1.82, 2.24) is 10.2 Å². The molecular formula is C10H13N3O2S2. The molecule has 17 heavy (non-hydrogen) atoms. The Balaban J connectivity index is 1.84. The Bertz CT molecular complexity index is 531. The first-order valence-electron chi connectivity index (χ1n) is 5.15. The summed E-state index contributed by atoms with van der Waals surface area (Å²) in [5.41, 5.74) is 1.18. The highest BCUT2D eigenvalue weighted by Gasteiger charge is 2.10. The number of H-pyrrole nitrogens is 1. The Morgan fingerprint density at radius 2 is 2.53 bits per heavy atom. The Hall–Kier alpha value is -1.18. The number of aliphatic hydroxyl groups is 1. The molecule has 5 nitrogen and oxygen atoms in total. The smallest absolute Gasteiger partial charge is 0.284 e. The van der Waals surface area contributed by atoms with E-state index in [2.05, 4.69) is 15.5 Å². The summed E-state index contributed by atoms with van der Waals surface area (Å²) in [5, 5.41) is 22.4. The van der Waals surface area contributed by atoms with Crippen LogP contribution in [0.1, 0.15) is 11.5 Å². The SMILES string of the molecule is Cc1ccsc1NCC(O)Cc1n[nH]c(=S)o1. The summed E-state index contributed by atoms with van der Waals surface area (Å²) in [6, 6.07) is 2.03. The van der Waals surface area contributed by atoms with Gasteiger partial charge in [0.05, 0.1) is 17.5 Å². The van der Waals surface area contributed by atoms with Crippen LogP contribution in [0.25, 0.3) is 0 Å². The van der Waals surface area contributed by atoms with Gasteiger partial charge in [-0.3, -0.25) is 0 Å². The number of hydrogen-bond donors (Lipinski definition) is 3. The fourth-order valence-corrected chi connectivity index (χ4v) is 2.36. The van der Waals surface area contributed by atoms with Gasteiger partial charge >= 0.3 is 0 Å². The van der Waals surface area contributed by atoms with Crippen molar-refractivity contribution < 1.29 is 9.52 Å². The van der Waals surface area contributed by atoms with Crippen LogP contribution in [-0.2, 0) is 6.42 Å². The maximum absolute atomic E-state index is 9.80. The van der Waals surface area contributed by atoms with Crippen LogP contribution in [0.5, 0.6) is 0 Å². The lowest BCUT2D eigenvalue weighted by atomic mass is 10.2. The van der Waals surface area contributed by atoms with Gasteiger partial charge < -0.3 is 14.8 Å². The van der Waals surface area contributed by atoms with Crippen molar-refractivity contribution in [3.63, 3.8) is 0 Å². The Morgan fingerprint density at radius 1 is 1.71 bits per heavy atom. The van der Waals surface area contributed by atoms with E-state index in [9.17, 15) is 5.11 Å². The van der Waals surface area contributed by atoms with Crippen molar-refractivity contribution in [1.29, 1.82) is 0 Å². The van der Waals surface area contributed by atoms with Gasteiger partial charge in [-0.05, 0) is 36.2 Å². The van der Waals surface area contributed by atoms with Crippen molar-refractivity contribution in [3.05, 3.63) is 27.7 Å². The van der Waals surface area contributed by atoms with Crippen molar-refractivity contribution >= 4 is 28.6 Å². The molecule has 0 aliphatic heterocycles. The van der Waals surface area contributed by atoms with Crippen LogP contribution in [0.3, 0.4) is 0 Å². The minimum Gasteiger partial charge on any atom is -0.414 e. The van der Waals surface area contributed by atoms with E-state index in [-0.39, 0.29) is 4.84 Å². The van der Waals surface area contributed by atoms with Crippen LogP contribution in [0.4, 0.5) is 5.00 Å². The van der Waals surface area contributed by atoms with E-state index in [4.69, 9.17) is 16.6 Å². The number of aromatic amines is 1. The van der Waals surface area contributed by atoms with E-state index in [0.29, 0.717) is 18.9 Å². The molecule has 0 fully saturated rings. The van der Waals surface area contributed by atoms with Gasteiger partial charge in [-0.25, -0.2) is 5.10 Å². The van der Waals surface area contributed by atoms with Crippen LogP contribution < -0.4 is 5.32 Å². The fraction of sp³-hybridized carbons (Fsp3) is 0.400. The second-order valence-corrected chi connectivity index (χ2v) is 4.97. The van der Waals surface area contributed by atoms with Gasteiger partial charge in [-0.15, -0.1) is 16.4 Å². The Morgan fingerprint density at radius 3 is 3.12 bits per heavy atom. The molecule has 2 heterocycles. The number of aromatic nitrogens is 2. The van der Waals surface area contributed by atoms with Crippen LogP contribution in [0.2, 0.25) is 0 Å². The first kappa shape index (κ1) is 12.3. The lowest BCUT2D eigenvalue weighted by Crippen LogP contribution is -2.21. The highest BCUT2D eigenvalue weighted by molar-refractivity contribution is 7.71. The third kappa shape index (κ3) is 3.39. The monoisotopic (exact) mass is 271 g/mol. The zero-order valence-corrected chi connectivity index (χ0v) is 10.9. The molecule has 1 atom stereocenters. The quantitative estimate of drug-likeness (QED) is 0.726. The minimum atomic E-state index is -0.557. The lowest BCUT2D eigenvalue weighted by Gasteiger charge is -2.10. The Kier molecular flexibility index (Phi) is 3.93. The average Bonchev–Trinajstić information content (AvgIpc) is 2.85. The molecular weight excluding hydrogens is 258 g/mol. The summed E-state index contributed by atoms with van der Waals surface area (Å²) in [6.45, 7) is 2.48. The van der Waals surface area contributed by atoms with Crippen molar-refractivity contribution in [3.8, 4) is 0 Å². The Labute approximate surface area is 107 Å². The van der Waals surface area contributed by atoms with E-state index < -0.39 is 6.10 Å². The second kappa shape index (κ2) is 5.44. The number of thiophene rings is 1. The normalized spacial score (nSPS) is 12.6. The molecule has 92 valence electrons. The van der Waals surface area contributed by atoms with E-state index in [1.165, 1.54) is 5.56 Å². The summed E-state index contributed by atoms with van der Waals surface area (Å²) in [7, 11) is 0. The molecule has 2 aromatic heterocycles.